The maximum atomic E-state index is 13.3. The number of nitrogens with one attached hydrogen (secondary N) is 1. The van der Waals surface area contributed by atoms with Crippen LogP contribution in [0, 0.1) is 11.6 Å². The first-order valence-corrected chi connectivity index (χ1v) is 8.93. The van der Waals surface area contributed by atoms with E-state index in [0.717, 1.165) is 12.3 Å². The van der Waals surface area contributed by atoms with Gasteiger partial charge in [-0.2, -0.15) is 13.2 Å². The maximum Gasteiger partial charge on any atom is 0.418 e. The zero-order chi connectivity index (χ0) is 20.3. The fourth-order valence-corrected chi connectivity index (χ4v) is 3.16. The quantitative estimate of drug-likeness (QED) is 0.506. The highest BCUT2D eigenvalue weighted by molar-refractivity contribution is 5.93. The van der Waals surface area contributed by atoms with Crippen LogP contribution in [0.25, 0.3) is 22.3 Å². The van der Waals surface area contributed by atoms with E-state index in [4.69, 9.17) is 5.73 Å². The van der Waals surface area contributed by atoms with Gasteiger partial charge >= 0.3 is 6.18 Å². The van der Waals surface area contributed by atoms with Gasteiger partial charge in [-0.25, -0.2) is 18.7 Å². The SMILES string of the molecule is C1CCCCC1.Nc1nc(-c2c[nH]c3ncc(F)cc23)c(C(F)(F)F)cc1F. The van der Waals surface area contributed by atoms with Crippen molar-refractivity contribution in [2.24, 2.45) is 0 Å². The van der Waals surface area contributed by atoms with Crippen LogP contribution in [0.4, 0.5) is 27.8 Å². The fraction of sp³-hybridized carbons (Fsp3) is 0.368. The van der Waals surface area contributed by atoms with Gasteiger partial charge in [0.15, 0.2) is 11.6 Å². The molecule has 0 atom stereocenters. The van der Waals surface area contributed by atoms with E-state index in [2.05, 4.69) is 15.0 Å². The molecule has 28 heavy (non-hydrogen) atoms. The van der Waals surface area contributed by atoms with Gasteiger partial charge < -0.3 is 10.7 Å². The highest BCUT2D eigenvalue weighted by atomic mass is 19.4. The van der Waals surface area contributed by atoms with Gasteiger partial charge in [-0.15, -0.1) is 0 Å². The number of aromatic amines is 1. The third-order valence-corrected chi connectivity index (χ3v) is 4.56. The van der Waals surface area contributed by atoms with Crippen molar-refractivity contribution in [2.45, 2.75) is 44.7 Å². The smallest absolute Gasteiger partial charge is 0.381 e. The molecule has 3 aromatic heterocycles. The molecular formula is C19H19F5N4. The third-order valence-electron chi connectivity index (χ3n) is 4.56. The summed E-state index contributed by atoms with van der Waals surface area (Å²) in [6.07, 6.45) is 6.26. The number of pyridine rings is 2. The molecule has 9 heteroatoms. The summed E-state index contributed by atoms with van der Waals surface area (Å²) < 4.78 is 65.9. The lowest BCUT2D eigenvalue weighted by Crippen LogP contribution is -2.11. The minimum atomic E-state index is -4.85. The Morgan fingerprint density at radius 2 is 1.57 bits per heavy atom. The zero-order valence-electron chi connectivity index (χ0n) is 14.9. The van der Waals surface area contributed by atoms with Gasteiger partial charge in [0.25, 0.3) is 0 Å². The Bertz CT molecular complexity index is 949. The number of hydrogen-bond donors (Lipinski definition) is 2. The van der Waals surface area contributed by atoms with Gasteiger partial charge in [0.2, 0.25) is 0 Å². The molecule has 0 unspecified atom stereocenters. The second-order valence-electron chi connectivity index (χ2n) is 6.62. The molecule has 1 saturated carbocycles. The van der Waals surface area contributed by atoms with E-state index in [9.17, 15) is 22.0 Å². The predicted octanol–water partition coefficient (Wildman–Crippen LogP) is 5.84. The lowest BCUT2D eigenvalue weighted by atomic mass is 10.0. The van der Waals surface area contributed by atoms with Crippen LogP contribution in [0.3, 0.4) is 0 Å². The molecule has 0 amide bonds. The number of hydrogen-bond acceptors (Lipinski definition) is 3. The van der Waals surface area contributed by atoms with Crippen LogP contribution in [0.2, 0.25) is 0 Å². The van der Waals surface area contributed by atoms with Gasteiger partial charge in [0, 0.05) is 17.1 Å². The van der Waals surface area contributed by atoms with E-state index in [1.807, 2.05) is 0 Å². The van der Waals surface area contributed by atoms with Crippen LogP contribution in [0.5, 0.6) is 0 Å². The lowest BCUT2D eigenvalue weighted by Gasteiger charge is -2.12. The number of rotatable bonds is 1. The normalized spacial score (nSPS) is 14.6. The molecule has 3 heterocycles. The van der Waals surface area contributed by atoms with Crippen LogP contribution in [-0.2, 0) is 6.18 Å². The molecule has 0 spiro atoms. The highest BCUT2D eigenvalue weighted by Crippen LogP contribution is 2.39. The van der Waals surface area contributed by atoms with Crippen molar-refractivity contribution < 1.29 is 22.0 Å². The number of alkyl halides is 3. The van der Waals surface area contributed by atoms with Crippen molar-refractivity contribution in [3.63, 3.8) is 0 Å². The van der Waals surface area contributed by atoms with Crippen molar-refractivity contribution in [3.05, 3.63) is 41.7 Å². The van der Waals surface area contributed by atoms with Crippen LogP contribution in [-0.4, -0.2) is 15.0 Å². The van der Waals surface area contributed by atoms with Gasteiger partial charge in [-0.3, -0.25) is 0 Å². The molecule has 0 aromatic carbocycles. The number of halogens is 5. The van der Waals surface area contributed by atoms with Crippen molar-refractivity contribution in [3.8, 4) is 11.3 Å². The summed E-state index contributed by atoms with van der Waals surface area (Å²) in [6.45, 7) is 0. The Morgan fingerprint density at radius 3 is 2.14 bits per heavy atom. The number of H-pyrrole nitrogens is 1. The van der Waals surface area contributed by atoms with Crippen LogP contribution < -0.4 is 5.73 Å². The number of aromatic nitrogens is 3. The van der Waals surface area contributed by atoms with E-state index < -0.39 is 34.9 Å². The van der Waals surface area contributed by atoms with Gasteiger partial charge in [-0.05, 0) is 12.1 Å². The summed E-state index contributed by atoms with van der Waals surface area (Å²) >= 11 is 0. The summed E-state index contributed by atoms with van der Waals surface area (Å²) in [7, 11) is 0. The molecule has 3 aromatic rings. The Kier molecular flexibility index (Phi) is 5.81. The van der Waals surface area contributed by atoms with Crippen LogP contribution in [0.1, 0.15) is 44.1 Å². The summed E-state index contributed by atoms with van der Waals surface area (Å²) in [6, 6.07) is 1.28. The van der Waals surface area contributed by atoms with Crippen LogP contribution >= 0.6 is 0 Å². The standard InChI is InChI=1S/C13H7F5N4.C6H12/c14-5-1-6-7(4-21-12(6)20-3-5)10-8(13(16,17)18)2-9(15)11(19)22-10;1-2-4-6-5-3-1/h1-4H,(H2,19,22)(H,20,21);1-6H2. The summed E-state index contributed by atoms with van der Waals surface area (Å²) in [5.74, 6) is -2.68. The van der Waals surface area contributed by atoms with E-state index >= 15 is 0 Å². The second kappa shape index (κ2) is 8.12. The number of nitrogens with two attached hydrogens (primary N) is 1. The minimum Gasteiger partial charge on any atom is -0.381 e. The predicted molar refractivity (Wildman–Crippen MR) is 96.4 cm³/mol. The monoisotopic (exact) mass is 398 g/mol. The molecule has 4 nitrogen and oxygen atoms in total. The van der Waals surface area contributed by atoms with Crippen molar-refractivity contribution >= 4 is 16.9 Å². The molecule has 150 valence electrons. The summed E-state index contributed by atoms with van der Waals surface area (Å²) in [4.78, 5) is 9.79. The van der Waals surface area contributed by atoms with Crippen molar-refractivity contribution in [1.29, 1.82) is 0 Å². The van der Waals surface area contributed by atoms with E-state index in [0.29, 0.717) is 0 Å². The molecule has 0 radical (unpaired) electrons. The highest BCUT2D eigenvalue weighted by Gasteiger charge is 2.36. The number of fused-ring (bicyclic) bond motifs is 1. The summed E-state index contributed by atoms with van der Waals surface area (Å²) in [5, 5.41) is 0.0870. The Balaban J connectivity index is 0.000000320. The van der Waals surface area contributed by atoms with Gasteiger partial charge in [-0.1, -0.05) is 38.5 Å². The molecule has 1 aliphatic carbocycles. The Hall–Kier alpha value is -2.71. The average Bonchev–Trinajstić information content (AvgIpc) is 3.07. The van der Waals surface area contributed by atoms with Crippen molar-refractivity contribution in [1.82, 2.24) is 15.0 Å². The van der Waals surface area contributed by atoms with E-state index in [-0.39, 0.29) is 22.7 Å². The van der Waals surface area contributed by atoms with Gasteiger partial charge in [0.1, 0.15) is 11.5 Å². The molecule has 1 fully saturated rings. The first kappa shape index (κ1) is 20.0. The number of nitrogens with zero attached hydrogens (tertiary/aromatic N) is 2. The van der Waals surface area contributed by atoms with Crippen LogP contribution in [0.15, 0.2) is 24.5 Å². The molecule has 0 aliphatic heterocycles. The third kappa shape index (κ3) is 4.40. The number of nitrogen functional groups attached to an aromatic ring is 1. The minimum absolute atomic E-state index is 0.0685. The molecule has 3 N–H and O–H groups in total. The molecular weight excluding hydrogens is 379 g/mol. The average molecular weight is 398 g/mol. The molecule has 4 rings (SSSR count). The summed E-state index contributed by atoms with van der Waals surface area (Å²) in [5.41, 5.74) is 3.47. The second-order valence-corrected chi connectivity index (χ2v) is 6.62. The van der Waals surface area contributed by atoms with E-state index in [1.165, 1.54) is 44.7 Å². The van der Waals surface area contributed by atoms with Gasteiger partial charge in [0.05, 0.1) is 17.5 Å². The largest absolute Gasteiger partial charge is 0.418 e. The van der Waals surface area contributed by atoms with E-state index in [1.54, 1.807) is 0 Å². The fourth-order valence-electron chi connectivity index (χ4n) is 3.16. The number of anilines is 1. The zero-order valence-corrected chi connectivity index (χ0v) is 14.9. The molecule has 0 bridgehead atoms. The van der Waals surface area contributed by atoms with Crippen molar-refractivity contribution in [2.75, 3.05) is 5.73 Å². The maximum absolute atomic E-state index is 13.3. The first-order chi connectivity index (χ1) is 13.3. The molecule has 0 saturated heterocycles. The first-order valence-electron chi connectivity index (χ1n) is 8.93. The lowest BCUT2D eigenvalue weighted by molar-refractivity contribution is -0.137. The Morgan fingerprint density at radius 1 is 0.964 bits per heavy atom. The molecule has 1 aliphatic rings. The topological polar surface area (TPSA) is 67.6 Å². The Labute approximate surface area is 158 Å².